The Hall–Kier alpha value is -1.82. The molecule has 0 unspecified atom stereocenters. The van der Waals surface area contributed by atoms with Gasteiger partial charge in [0.2, 0.25) is 0 Å². The molecule has 0 bridgehead atoms. The molecule has 0 spiro atoms. The summed E-state index contributed by atoms with van der Waals surface area (Å²) >= 11 is 0. The first-order valence-corrected chi connectivity index (χ1v) is 8.41. The molecule has 126 valence electrons. The third kappa shape index (κ3) is 3.42. The molecule has 0 aliphatic carbocycles. The smallest absolute Gasteiger partial charge is 0.256 e. The quantitative estimate of drug-likeness (QED) is 0.912. The molecular weight excluding hydrogens is 296 g/mol. The van der Waals surface area contributed by atoms with Gasteiger partial charge in [-0.1, -0.05) is 6.42 Å². The molecule has 2 aliphatic heterocycles. The molecule has 1 amide bonds. The number of nitrogens with one attached hydrogen (secondary N) is 1. The molecule has 0 radical (unpaired) electrons. The van der Waals surface area contributed by atoms with E-state index in [0.717, 1.165) is 50.8 Å². The normalized spacial score (nSPS) is 20.7. The topological polar surface area (TPSA) is 69.6 Å². The minimum Gasteiger partial charge on any atom is -0.496 e. The lowest BCUT2D eigenvalue weighted by Gasteiger charge is -2.18. The fraction of sp³-hybridized carbons (Fsp3) is 0.647. The van der Waals surface area contributed by atoms with Crippen molar-refractivity contribution in [1.29, 1.82) is 0 Å². The van der Waals surface area contributed by atoms with E-state index in [1.807, 2.05) is 0 Å². The van der Waals surface area contributed by atoms with Crippen LogP contribution in [0.5, 0.6) is 5.75 Å². The Kier molecular flexibility index (Phi) is 5.00. The van der Waals surface area contributed by atoms with E-state index < -0.39 is 0 Å². The van der Waals surface area contributed by atoms with Crippen LogP contribution >= 0.6 is 0 Å². The van der Waals surface area contributed by atoms with Gasteiger partial charge in [-0.3, -0.25) is 9.59 Å². The Bertz CT molecular complexity index is 632. The molecule has 1 aromatic rings. The maximum atomic E-state index is 12.7. The van der Waals surface area contributed by atoms with Gasteiger partial charge in [-0.15, -0.1) is 0 Å². The zero-order valence-electron chi connectivity index (χ0n) is 13.6. The van der Waals surface area contributed by atoms with Crippen LogP contribution in [-0.4, -0.2) is 36.8 Å². The summed E-state index contributed by atoms with van der Waals surface area (Å²) in [4.78, 5) is 25.0. The van der Waals surface area contributed by atoms with Gasteiger partial charge in [0.15, 0.2) is 0 Å². The van der Waals surface area contributed by atoms with Gasteiger partial charge in [-0.2, -0.15) is 0 Å². The van der Waals surface area contributed by atoms with E-state index in [-0.39, 0.29) is 17.6 Å². The lowest BCUT2D eigenvalue weighted by atomic mass is 10.1. The highest BCUT2D eigenvalue weighted by Crippen LogP contribution is 2.24. The first-order valence-electron chi connectivity index (χ1n) is 8.41. The maximum Gasteiger partial charge on any atom is 0.256 e. The van der Waals surface area contributed by atoms with Crippen molar-refractivity contribution in [2.24, 2.45) is 0 Å². The van der Waals surface area contributed by atoms with Crippen molar-refractivity contribution < 1.29 is 14.3 Å². The van der Waals surface area contributed by atoms with Gasteiger partial charge >= 0.3 is 0 Å². The Labute approximate surface area is 135 Å². The number of ether oxygens (including phenoxy) is 2. The molecule has 2 aliphatic rings. The molecule has 1 saturated heterocycles. The van der Waals surface area contributed by atoms with Crippen LogP contribution in [0, 0.1) is 0 Å². The second-order valence-corrected chi connectivity index (χ2v) is 6.18. The summed E-state index contributed by atoms with van der Waals surface area (Å²) in [6, 6.07) is 1.43. The summed E-state index contributed by atoms with van der Waals surface area (Å²) < 4.78 is 12.6. The van der Waals surface area contributed by atoms with Crippen molar-refractivity contribution in [1.82, 2.24) is 9.88 Å². The predicted octanol–water partition coefficient (Wildman–Crippen LogP) is 1.49. The van der Waals surface area contributed by atoms with E-state index >= 15 is 0 Å². The molecule has 1 atom stereocenters. The summed E-state index contributed by atoms with van der Waals surface area (Å²) in [5.74, 6) is 0.191. The number of pyridine rings is 1. The number of aromatic nitrogens is 1. The van der Waals surface area contributed by atoms with Gasteiger partial charge in [0.25, 0.3) is 11.5 Å². The lowest BCUT2D eigenvalue weighted by molar-refractivity contribution is 0.0853. The number of methoxy groups -OCH3 is 1. The van der Waals surface area contributed by atoms with Crippen LogP contribution in [0.15, 0.2) is 10.9 Å². The number of amides is 1. The monoisotopic (exact) mass is 320 g/mol. The van der Waals surface area contributed by atoms with Crippen molar-refractivity contribution >= 4 is 5.91 Å². The Morgan fingerprint density at radius 2 is 2.26 bits per heavy atom. The zero-order valence-corrected chi connectivity index (χ0v) is 13.6. The minimum absolute atomic E-state index is 0.0885. The second-order valence-electron chi connectivity index (χ2n) is 6.18. The largest absolute Gasteiger partial charge is 0.496 e. The molecule has 3 rings (SSSR count). The van der Waals surface area contributed by atoms with Crippen LogP contribution in [0.1, 0.15) is 48.2 Å². The number of hydrogen-bond donors (Lipinski definition) is 1. The highest BCUT2D eigenvalue weighted by Gasteiger charge is 2.24. The van der Waals surface area contributed by atoms with Gasteiger partial charge in [0.05, 0.1) is 13.2 Å². The van der Waals surface area contributed by atoms with Crippen LogP contribution < -0.4 is 15.6 Å². The number of hydrogen-bond acceptors (Lipinski definition) is 4. The lowest BCUT2D eigenvalue weighted by Crippen LogP contribution is -2.35. The average molecular weight is 320 g/mol. The molecule has 1 N–H and O–H groups in total. The van der Waals surface area contributed by atoms with Crippen molar-refractivity contribution in [3.63, 3.8) is 0 Å². The number of nitrogens with zero attached hydrogens (tertiary/aromatic N) is 1. The Balaban J connectivity index is 1.89. The first-order chi connectivity index (χ1) is 11.2. The number of fused-ring (bicyclic) bond motifs is 1. The zero-order chi connectivity index (χ0) is 16.2. The average Bonchev–Trinajstić information content (AvgIpc) is 2.95. The third-order valence-corrected chi connectivity index (χ3v) is 4.64. The molecule has 0 aromatic carbocycles. The van der Waals surface area contributed by atoms with Crippen molar-refractivity contribution in [2.75, 3.05) is 20.3 Å². The maximum absolute atomic E-state index is 12.7. The van der Waals surface area contributed by atoms with E-state index in [0.29, 0.717) is 24.4 Å². The SMILES string of the molecule is COc1cc(=O)n2c(c1C(=O)NC[C@@H]1CCCO1)CCCCC2. The summed E-state index contributed by atoms with van der Waals surface area (Å²) in [5, 5.41) is 2.95. The van der Waals surface area contributed by atoms with E-state index in [1.165, 1.54) is 13.2 Å². The molecule has 1 aromatic heterocycles. The third-order valence-electron chi connectivity index (χ3n) is 4.64. The van der Waals surface area contributed by atoms with Crippen molar-refractivity contribution in [3.05, 3.63) is 27.7 Å². The number of rotatable bonds is 4. The molecule has 23 heavy (non-hydrogen) atoms. The van der Waals surface area contributed by atoms with Crippen LogP contribution in [0.4, 0.5) is 0 Å². The van der Waals surface area contributed by atoms with Crippen LogP contribution in [0.25, 0.3) is 0 Å². The summed E-state index contributed by atoms with van der Waals surface area (Å²) in [6.07, 6.45) is 5.86. The molecule has 0 saturated carbocycles. The van der Waals surface area contributed by atoms with Crippen LogP contribution in [-0.2, 0) is 17.7 Å². The van der Waals surface area contributed by atoms with E-state index in [9.17, 15) is 9.59 Å². The van der Waals surface area contributed by atoms with E-state index in [1.54, 1.807) is 4.57 Å². The highest BCUT2D eigenvalue weighted by atomic mass is 16.5. The highest BCUT2D eigenvalue weighted by molar-refractivity contribution is 5.98. The standard InChI is InChI=1S/C17H24N2O4/c1-22-14-10-15(20)19-8-4-2-3-7-13(19)16(14)17(21)18-11-12-6-5-9-23-12/h10,12H,2-9,11H2,1H3,(H,18,21)/t12-/m0/s1. The molecule has 6 heteroatoms. The van der Waals surface area contributed by atoms with Gasteiger partial charge in [0, 0.05) is 31.5 Å². The molecular formula is C17H24N2O4. The number of carbonyl (C=O) groups is 1. The Morgan fingerprint density at radius 3 is 3.00 bits per heavy atom. The number of carbonyl (C=O) groups excluding carboxylic acids is 1. The first kappa shape index (κ1) is 16.1. The molecule has 6 nitrogen and oxygen atoms in total. The fourth-order valence-electron chi connectivity index (χ4n) is 3.42. The predicted molar refractivity (Wildman–Crippen MR) is 86.1 cm³/mol. The van der Waals surface area contributed by atoms with Crippen molar-refractivity contribution in [2.45, 2.75) is 51.2 Å². The van der Waals surface area contributed by atoms with Crippen molar-refractivity contribution in [3.8, 4) is 5.75 Å². The summed E-state index contributed by atoms with van der Waals surface area (Å²) in [7, 11) is 1.50. The fourth-order valence-corrected chi connectivity index (χ4v) is 3.42. The van der Waals surface area contributed by atoms with Gasteiger partial charge < -0.3 is 19.4 Å². The minimum atomic E-state index is -0.178. The van der Waals surface area contributed by atoms with Gasteiger partial charge in [-0.25, -0.2) is 0 Å². The second kappa shape index (κ2) is 7.17. The van der Waals surface area contributed by atoms with Crippen LogP contribution in [0.2, 0.25) is 0 Å². The van der Waals surface area contributed by atoms with E-state index in [4.69, 9.17) is 9.47 Å². The Morgan fingerprint density at radius 1 is 1.39 bits per heavy atom. The molecule has 3 heterocycles. The van der Waals surface area contributed by atoms with Gasteiger partial charge in [0.1, 0.15) is 11.3 Å². The molecule has 1 fully saturated rings. The van der Waals surface area contributed by atoms with Gasteiger partial charge in [-0.05, 0) is 32.1 Å². The van der Waals surface area contributed by atoms with Crippen LogP contribution in [0.3, 0.4) is 0 Å². The summed E-state index contributed by atoms with van der Waals surface area (Å²) in [5.41, 5.74) is 1.22. The van der Waals surface area contributed by atoms with E-state index in [2.05, 4.69) is 5.32 Å². The summed E-state index contributed by atoms with van der Waals surface area (Å²) in [6.45, 7) is 1.94.